The van der Waals surface area contributed by atoms with E-state index in [-0.39, 0.29) is 16.6 Å². The molecule has 122 valence electrons. The van der Waals surface area contributed by atoms with Gasteiger partial charge in [-0.2, -0.15) is 0 Å². The maximum atomic E-state index is 12.4. The lowest BCUT2D eigenvalue weighted by atomic mass is 10.0. The van der Waals surface area contributed by atoms with Crippen LogP contribution in [0.4, 0.5) is 5.69 Å². The van der Waals surface area contributed by atoms with E-state index in [0.29, 0.717) is 6.42 Å². The van der Waals surface area contributed by atoms with Crippen LogP contribution in [0.5, 0.6) is 0 Å². The Labute approximate surface area is 135 Å². The lowest BCUT2D eigenvalue weighted by Crippen LogP contribution is -2.28. The van der Waals surface area contributed by atoms with E-state index in [1.54, 1.807) is 0 Å². The van der Waals surface area contributed by atoms with Gasteiger partial charge in [0.25, 0.3) is 5.69 Å². The first-order valence-corrected chi connectivity index (χ1v) is 8.65. The number of sulfonamides is 1. The molecule has 7 heteroatoms. The maximum Gasteiger partial charge on any atom is 0.269 e. The molecule has 1 atom stereocenters. The molecule has 2 rings (SSSR count). The minimum Gasteiger partial charge on any atom is -0.258 e. The Morgan fingerprint density at radius 1 is 1.09 bits per heavy atom. The highest BCUT2D eigenvalue weighted by atomic mass is 32.2. The molecule has 0 aliphatic rings. The fourth-order valence-electron chi connectivity index (χ4n) is 2.19. The SMILES string of the molecule is CC[C@H](NS(=O)(=O)c1ccc([N+](=O)[O-])cc1)c1ccc(C)cc1. The molecule has 1 N–H and O–H groups in total. The summed E-state index contributed by atoms with van der Waals surface area (Å²) < 4.78 is 27.5. The van der Waals surface area contributed by atoms with E-state index in [9.17, 15) is 18.5 Å². The molecular weight excluding hydrogens is 316 g/mol. The highest BCUT2D eigenvalue weighted by Gasteiger charge is 2.21. The zero-order valence-corrected chi connectivity index (χ0v) is 13.7. The predicted octanol–water partition coefficient (Wildman–Crippen LogP) is 3.33. The zero-order valence-electron chi connectivity index (χ0n) is 12.9. The Balaban J connectivity index is 2.24. The average Bonchev–Trinajstić information content (AvgIpc) is 2.53. The Morgan fingerprint density at radius 3 is 2.13 bits per heavy atom. The number of aryl methyl sites for hydroxylation is 1. The van der Waals surface area contributed by atoms with Gasteiger partial charge in [-0.05, 0) is 31.0 Å². The first kappa shape index (κ1) is 17.1. The Kier molecular flexibility index (Phi) is 5.12. The number of hydrogen-bond acceptors (Lipinski definition) is 4. The summed E-state index contributed by atoms with van der Waals surface area (Å²) in [6, 6.07) is 12.1. The van der Waals surface area contributed by atoms with Gasteiger partial charge in [0.2, 0.25) is 10.0 Å². The molecule has 23 heavy (non-hydrogen) atoms. The van der Waals surface area contributed by atoms with Crippen LogP contribution in [0.3, 0.4) is 0 Å². The van der Waals surface area contributed by atoms with Crippen molar-refractivity contribution in [1.82, 2.24) is 4.72 Å². The number of nitrogens with zero attached hydrogens (tertiary/aromatic N) is 1. The molecule has 0 saturated carbocycles. The van der Waals surface area contributed by atoms with E-state index in [2.05, 4.69) is 4.72 Å². The molecular formula is C16H18N2O4S. The van der Waals surface area contributed by atoms with Crippen LogP contribution < -0.4 is 4.72 Å². The Bertz CT molecular complexity index is 784. The number of rotatable bonds is 6. The second-order valence-corrected chi connectivity index (χ2v) is 6.96. The molecule has 2 aromatic rings. The number of benzene rings is 2. The molecule has 0 bridgehead atoms. The lowest BCUT2D eigenvalue weighted by Gasteiger charge is -2.17. The van der Waals surface area contributed by atoms with Crippen molar-refractivity contribution in [2.75, 3.05) is 0 Å². The van der Waals surface area contributed by atoms with E-state index < -0.39 is 14.9 Å². The van der Waals surface area contributed by atoms with Gasteiger partial charge >= 0.3 is 0 Å². The zero-order chi connectivity index (χ0) is 17.0. The van der Waals surface area contributed by atoms with Crippen LogP contribution in [-0.2, 0) is 10.0 Å². The molecule has 0 saturated heterocycles. The summed E-state index contributed by atoms with van der Waals surface area (Å²) in [7, 11) is -3.74. The number of nitrogens with one attached hydrogen (secondary N) is 1. The highest BCUT2D eigenvalue weighted by molar-refractivity contribution is 7.89. The molecule has 0 spiro atoms. The summed E-state index contributed by atoms with van der Waals surface area (Å²) in [4.78, 5) is 10.1. The minimum atomic E-state index is -3.74. The monoisotopic (exact) mass is 334 g/mol. The van der Waals surface area contributed by atoms with Gasteiger partial charge in [0, 0.05) is 18.2 Å². The quantitative estimate of drug-likeness (QED) is 0.648. The second-order valence-electron chi connectivity index (χ2n) is 5.24. The van der Waals surface area contributed by atoms with Crippen LogP contribution in [0.1, 0.15) is 30.5 Å². The Morgan fingerprint density at radius 2 is 1.65 bits per heavy atom. The van der Waals surface area contributed by atoms with E-state index in [4.69, 9.17) is 0 Å². The molecule has 0 heterocycles. The minimum absolute atomic E-state index is 0.00802. The molecule has 0 aromatic heterocycles. The summed E-state index contributed by atoms with van der Waals surface area (Å²) in [5.41, 5.74) is 1.83. The van der Waals surface area contributed by atoms with Gasteiger partial charge in [-0.1, -0.05) is 36.8 Å². The first-order valence-electron chi connectivity index (χ1n) is 7.17. The van der Waals surface area contributed by atoms with Crippen LogP contribution in [0, 0.1) is 17.0 Å². The molecule has 6 nitrogen and oxygen atoms in total. The third-order valence-corrected chi connectivity index (χ3v) is 5.03. The first-order chi connectivity index (χ1) is 10.8. The van der Waals surface area contributed by atoms with Gasteiger partial charge in [-0.25, -0.2) is 13.1 Å². The molecule has 0 aliphatic carbocycles. The summed E-state index contributed by atoms with van der Waals surface area (Å²) >= 11 is 0. The molecule has 0 amide bonds. The van der Waals surface area contributed by atoms with Crippen molar-refractivity contribution >= 4 is 15.7 Å². The highest BCUT2D eigenvalue weighted by Crippen LogP contribution is 2.22. The standard InChI is InChI=1S/C16H18N2O4S/c1-3-16(13-6-4-12(2)5-7-13)17-23(21,22)15-10-8-14(9-11-15)18(19)20/h4-11,16-17H,3H2,1-2H3/t16-/m0/s1. The summed E-state index contributed by atoms with van der Waals surface area (Å²) in [6.45, 7) is 3.86. The van der Waals surface area contributed by atoms with E-state index in [1.807, 2.05) is 38.1 Å². The lowest BCUT2D eigenvalue weighted by molar-refractivity contribution is -0.384. The van der Waals surface area contributed by atoms with Gasteiger partial charge in [-0.3, -0.25) is 10.1 Å². The number of hydrogen-bond donors (Lipinski definition) is 1. The van der Waals surface area contributed by atoms with Crippen molar-refractivity contribution < 1.29 is 13.3 Å². The summed E-state index contributed by atoms with van der Waals surface area (Å²) in [6.07, 6.45) is 0.593. The van der Waals surface area contributed by atoms with Crippen molar-refractivity contribution in [1.29, 1.82) is 0 Å². The predicted molar refractivity (Wildman–Crippen MR) is 87.6 cm³/mol. The van der Waals surface area contributed by atoms with Gasteiger partial charge in [0.1, 0.15) is 0 Å². The van der Waals surface area contributed by atoms with E-state index in [1.165, 1.54) is 24.3 Å². The van der Waals surface area contributed by atoms with E-state index >= 15 is 0 Å². The smallest absolute Gasteiger partial charge is 0.258 e. The van der Waals surface area contributed by atoms with Crippen LogP contribution in [0.15, 0.2) is 53.4 Å². The van der Waals surface area contributed by atoms with Gasteiger partial charge in [0.15, 0.2) is 0 Å². The van der Waals surface area contributed by atoms with Crippen LogP contribution in [0.25, 0.3) is 0 Å². The van der Waals surface area contributed by atoms with Crippen molar-refractivity contribution in [3.63, 3.8) is 0 Å². The fraction of sp³-hybridized carbons (Fsp3) is 0.250. The third kappa shape index (κ3) is 4.14. The third-order valence-electron chi connectivity index (χ3n) is 3.54. The van der Waals surface area contributed by atoms with Gasteiger partial charge in [-0.15, -0.1) is 0 Å². The van der Waals surface area contributed by atoms with Crippen molar-refractivity contribution in [2.24, 2.45) is 0 Å². The fourth-order valence-corrected chi connectivity index (χ4v) is 3.50. The van der Waals surface area contributed by atoms with Crippen molar-refractivity contribution in [3.8, 4) is 0 Å². The summed E-state index contributed by atoms with van der Waals surface area (Å²) in [5, 5.41) is 10.6. The van der Waals surface area contributed by atoms with Gasteiger partial charge < -0.3 is 0 Å². The number of nitro benzene ring substituents is 1. The maximum absolute atomic E-state index is 12.4. The normalized spacial score (nSPS) is 12.8. The second kappa shape index (κ2) is 6.89. The van der Waals surface area contributed by atoms with Crippen molar-refractivity contribution in [3.05, 3.63) is 69.8 Å². The molecule has 0 unspecified atom stereocenters. The van der Waals surface area contributed by atoms with Gasteiger partial charge in [0.05, 0.1) is 9.82 Å². The van der Waals surface area contributed by atoms with E-state index in [0.717, 1.165) is 11.1 Å². The van der Waals surface area contributed by atoms with Crippen molar-refractivity contribution in [2.45, 2.75) is 31.2 Å². The van der Waals surface area contributed by atoms with Crippen LogP contribution >= 0.6 is 0 Å². The molecule has 0 aliphatic heterocycles. The average molecular weight is 334 g/mol. The largest absolute Gasteiger partial charge is 0.269 e. The summed E-state index contributed by atoms with van der Waals surface area (Å²) in [5.74, 6) is 0. The topological polar surface area (TPSA) is 89.3 Å². The number of nitro groups is 1. The number of non-ortho nitro benzene ring substituents is 1. The molecule has 2 aromatic carbocycles. The molecule has 0 radical (unpaired) electrons. The van der Waals surface area contributed by atoms with Crippen LogP contribution in [0.2, 0.25) is 0 Å². The Hall–Kier alpha value is -2.25. The van der Waals surface area contributed by atoms with Crippen LogP contribution in [-0.4, -0.2) is 13.3 Å². The molecule has 0 fully saturated rings.